The number of hydrogen-bond donors (Lipinski definition) is 2. The number of rotatable bonds is 6. The molecule has 24 heavy (non-hydrogen) atoms. The number of amides is 1. The van der Waals surface area contributed by atoms with Gasteiger partial charge in [-0.15, -0.1) is 0 Å². The molecule has 0 saturated heterocycles. The van der Waals surface area contributed by atoms with Gasteiger partial charge in [0.2, 0.25) is 0 Å². The number of ether oxygens (including phenoxy) is 1. The molecule has 0 fully saturated rings. The molecule has 1 amide bonds. The van der Waals surface area contributed by atoms with Crippen LogP contribution in [-0.2, 0) is 0 Å². The minimum absolute atomic E-state index is 0.0509. The molecule has 2 aromatic carbocycles. The monoisotopic (exact) mass is 328 g/mol. The molecule has 6 nitrogen and oxygen atoms in total. The number of carbonyl (C=O) groups is 1. The molecule has 0 bridgehead atoms. The predicted molar refractivity (Wildman–Crippen MR) is 88.2 cm³/mol. The van der Waals surface area contributed by atoms with Crippen LogP contribution >= 0.6 is 0 Å². The lowest BCUT2D eigenvalue weighted by atomic mass is 10.0. The third-order valence-corrected chi connectivity index (χ3v) is 3.73. The zero-order chi connectivity index (χ0) is 17.1. The van der Waals surface area contributed by atoms with Gasteiger partial charge in [0.25, 0.3) is 5.91 Å². The Balaban J connectivity index is 2.23. The summed E-state index contributed by atoms with van der Waals surface area (Å²) in [6.45, 7) is 2.53. The minimum atomic E-state index is -0.744. The van der Waals surface area contributed by atoms with Gasteiger partial charge in [0.1, 0.15) is 17.3 Å². The quantitative estimate of drug-likeness (QED) is 0.680. The van der Waals surface area contributed by atoms with Crippen LogP contribution in [0, 0.1) is 5.82 Å². The van der Waals surface area contributed by atoms with Gasteiger partial charge in [-0.25, -0.2) is 4.39 Å². The van der Waals surface area contributed by atoms with E-state index in [1.54, 1.807) is 24.3 Å². The molecule has 0 saturated carbocycles. The molecule has 3 N–H and O–H groups in total. The molecule has 3 aromatic rings. The maximum absolute atomic E-state index is 14.5. The molecular weight excluding hydrogens is 311 g/mol. The normalized spacial score (nSPS) is 10.9. The molecule has 0 radical (unpaired) electrons. The highest BCUT2D eigenvalue weighted by Crippen LogP contribution is 2.38. The molecule has 124 valence electrons. The van der Waals surface area contributed by atoms with Crippen molar-refractivity contribution < 1.29 is 13.9 Å². The summed E-state index contributed by atoms with van der Waals surface area (Å²) in [5.74, 6) is -0.703. The van der Waals surface area contributed by atoms with Gasteiger partial charge in [-0.2, -0.15) is 15.4 Å². The molecule has 0 aliphatic carbocycles. The van der Waals surface area contributed by atoms with E-state index >= 15 is 0 Å². The van der Waals surface area contributed by atoms with Crippen molar-refractivity contribution in [2.45, 2.75) is 19.8 Å². The third kappa shape index (κ3) is 2.80. The summed E-state index contributed by atoms with van der Waals surface area (Å²) >= 11 is 0. The molecule has 3 rings (SSSR count). The van der Waals surface area contributed by atoms with Gasteiger partial charge in [0.05, 0.1) is 12.2 Å². The fraction of sp³-hybridized carbons (Fsp3) is 0.235. The van der Waals surface area contributed by atoms with Gasteiger partial charge >= 0.3 is 0 Å². The van der Waals surface area contributed by atoms with E-state index in [0.717, 1.165) is 12.8 Å². The molecule has 1 aromatic heterocycles. The summed E-state index contributed by atoms with van der Waals surface area (Å²) in [5.41, 5.74) is 5.80. The van der Waals surface area contributed by atoms with E-state index in [1.807, 2.05) is 0 Å². The topological polar surface area (TPSA) is 93.9 Å². The molecule has 0 atom stereocenters. The predicted octanol–water partition coefficient (Wildman–Crippen LogP) is 3.04. The van der Waals surface area contributed by atoms with Crippen LogP contribution < -0.4 is 10.5 Å². The fourth-order valence-corrected chi connectivity index (χ4v) is 2.54. The number of hydrogen-bond acceptors (Lipinski definition) is 4. The summed E-state index contributed by atoms with van der Waals surface area (Å²) in [7, 11) is 0. The number of benzene rings is 2. The van der Waals surface area contributed by atoms with E-state index in [9.17, 15) is 9.18 Å². The number of carbonyl (C=O) groups excluding carboxylic acids is 1. The summed E-state index contributed by atoms with van der Waals surface area (Å²) < 4.78 is 20.4. The summed E-state index contributed by atoms with van der Waals surface area (Å²) in [5, 5.41) is 11.1. The lowest BCUT2D eigenvalue weighted by Crippen LogP contribution is -2.13. The zero-order valence-electron chi connectivity index (χ0n) is 13.2. The maximum Gasteiger partial charge on any atom is 0.271 e. The second kappa shape index (κ2) is 6.66. The first-order valence-electron chi connectivity index (χ1n) is 7.68. The largest absolute Gasteiger partial charge is 0.492 e. The van der Waals surface area contributed by atoms with Crippen LogP contribution in [-0.4, -0.2) is 27.9 Å². The van der Waals surface area contributed by atoms with Crippen LogP contribution in [0.1, 0.15) is 30.3 Å². The standard InChI is InChI=1S/C17H17FN4O2/c1-2-3-8-24-16-11-7-5-4-6-10(11)13(18)9-12(16)14-15(17(19)23)21-22-20-14/h4-7,9H,2-3,8H2,1H3,(H2,19,23)(H,20,21,22). The number of nitrogens with one attached hydrogen (secondary N) is 1. The van der Waals surface area contributed by atoms with Crippen LogP contribution in [0.25, 0.3) is 22.0 Å². The molecule has 0 aliphatic heterocycles. The van der Waals surface area contributed by atoms with Crippen LogP contribution in [0.4, 0.5) is 4.39 Å². The number of nitrogens with zero attached hydrogens (tertiary/aromatic N) is 2. The van der Waals surface area contributed by atoms with E-state index < -0.39 is 11.7 Å². The average Bonchev–Trinajstić information content (AvgIpc) is 3.07. The highest BCUT2D eigenvalue weighted by atomic mass is 19.1. The number of nitrogens with two attached hydrogens (primary N) is 1. The van der Waals surface area contributed by atoms with Gasteiger partial charge in [0, 0.05) is 10.8 Å². The number of aromatic nitrogens is 3. The van der Waals surface area contributed by atoms with E-state index in [1.165, 1.54) is 6.07 Å². The molecule has 0 unspecified atom stereocenters. The van der Waals surface area contributed by atoms with Gasteiger partial charge < -0.3 is 10.5 Å². The Morgan fingerprint density at radius 2 is 2.04 bits per heavy atom. The minimum Gasteiger partial charge on any atom is -0.492 e. The second-order valence-corrected chi connectivity index (χ2v) is 5.37. The van der Waals surface area contributed by atoms with E-state index in [2.05, 4.69) is 22.3 Å². The first-order chi connectivity index (χ1) is 11.6. The lowest BCUT2D eigenvalue weighted by Gasteiger charge is -2.14. The van der Waals surface area contributed by atoms with E-state index in [0.29, 0.717) is 28.7 Å². The average molecular weight is 328 g/mol. The molecule has 0 aliphatic rings. The third-order valence-electron chi connectivity index (χ3n) is 3.73. The smallest absolute Gasteiger partial charge is 0.271 e. The maximum atomic E-state index is 14.5. The Bertz CT molecular complexity index is 891. The Hall–Kier alpha value is -2.96. The lowest BCUT2D eigenvalue weighted by molar-refractivity contribution is 0.0996. The van der Waals surface area contributed by atoms with Crippen molar-refractivity contribution in [1.29, 1.82) is 0 Å². The first kappa shape index (κ1) is 15.9. The van der Waals surface area contributed by atoms with E-state index in [4.69, 9.17) is 10.5 Å². The van der Waals surface area contributed by atoms with Crippen molar-refractivity contribution in [1.82, 2.24) is 15.4 Å². The summed E-state index contributed by atoms with van der Waals surface area (Å²) in [6, 6.07) is 8.31. The Kier molecular flexibility index (Phi) is 4.41. The van der Waals surface area contributed by atoms with Gasteiger partial charge in [-0.1, -0.05) is 37.6 Å². The van der Waals surface area contributed by atoms with Crippen molar-refractivity contribution in [3.8, 4) is 17.0 Å². The Morgan fingerprint density at radius 3 is 2.75 bits per heavy atom. The number of fused-ring (bicyclic) bond motifs is 1. The van der Waals surface area contributed by atoms with Crippen molar-refractivity contribution in [3.05, 3.63) is 41.8 Å². The first-order valence-corrected chi connectivity index (χ1v) is 7.68. The molecule has 1 heterocycles. The van der Waals surface area contributed by atoms with Crippen LogP contribution in [0.15, 0.2) is 30.3 Å². The highest BCUT2D eigenvalue weighted by molar-refractivity contribution is 6.01. The Morgan fingerprint density at radius 1 is 1.29 bits per heavy atom. The van der Waals surface area contributed by atoms with Crippen LogP contribution in [0.5, 0.6) is 5.75 Å². The Labute approximate surface area is 137 Å². The molecule has 0 spiro atoms. The number of halogens is 1. The van der Waals surface area contributed by atoms with Crippen LogP contribution in [0.3, 0.4) is 0 Å². The zero-order valence-corrected chi connectivity index (χ0v) is 13.2. The fourth-order valence-electron chi connectivity index (χ4n) is 2.54. The molecule has 7 heteroatoms. The number of H-pyrrole nitrogens is 1. The van der Waals surface area contributed by atoms with Gasteiger partial charge in [0.15, 0.2) is 5.69 Å². The van der Waals surface area contributed by atoms with Crippen molar-refractivity contribution >= 4 is 16.7 Å². The van der Waals surface area contributed by atoms with E-state index in [-0.39, 0.29) is 11.4 Å². The SMILES string of the molecule is CCCCOc1c(-c2n[nH]nc2C(N)=O)cc(F)c2ccccc12. The van der Waals surface area contributed by atoms with Crippen LogP contribution in [0.2, 0.25) is 0 Å². The van der Waals surface area contributed by atoms with Crippen molar-refractivity contribution in [3.63, 3.8) is 0 Å². The summed E-state index contributed by atoms with van der Waals surface area (Å²) in [4.78, 5) is 11.5. The molecular formula is C17H17FN4O2. The second-order valence-electron chi connectivity index (χ2n) is 5.37. The van der Waals surface area contributed by atoms with Gasteiger partial charge in [-0.05, 0) is 12.5 Å². The highest BCUT2D eigenvalue weighted by Gasteiger charge is 2.22. The number of unbranched alkanes of at least 4 members (excludes halogenated alkanes) is 1. The van der Waals surface area contributed by atoms with Crippen molar-refractivity contribution in [2.75, 3.05) is 6.61 Å². The van der Waals surface area contributed by atoms with Crippen molar-refractivity contribution in [2.24, 2.45) is 5.73 Å². The number of aromatic amines is 1. The summed E-state index contributed by atoms with van der Waals surface area (Å²) in [6.07, 6.45) is 1.82. The van der Waals surface area contributed by atoms with Gasteiger partial charge in [-0.3, -0.25) is 4.79 Å². The number of primary amides is 1.